The average molecular weight is 420 g/mol. The zero-order valence-electron chi connectivity index (χ0n) is 13.7. The summed E-state index contributed by atoms with van der Waals surface area (Å²) >= 11 is 3.28. The fraction of sp³-hybridized carbons (Fsp3) is 0.211. The quantitative estimate of drug-likeness (QED) is 0.550. The number of nitrogens with zero attached hydrogens (tertiary/aromatic N) is 1. The second-order valence-electron chi connectivity index (χ2n) is 5.92. The van der Waals surface area contributed by atoms with Crippen molar-refractivity contribution < 1.29 is 23.5 Å². The van der Waals surface area contributed by atoms with Crippen molar-refractivity contribution >= 4 is 39.3 Å². The van der Waals surface area contributed by atoms with Gasteiger partial charge in [0, 0.05) is 28.7 Å². The Labute approximate surface area is 157 Å². The van der Waals surface area contributed by atoms with E-state index in [9.17, 15) is 18.8 Å². The number of hydrogen-bond donors (Lipinski definition) is 0. The number of ether oxygens (including phenoxy) is 1. The molecule has 0 N–H and O–H groups in total. The molecule has 134 valence electrons. The van der Waals surface area contributed by atoms with Gasteiger partial charge in [-0.2, -0.15) is 0 Å². The van der Waals surface area contributed by atoms with Crippen LogP contribution in [0.3, 0.4) is 0 Å². The molecule has 1 fully saturated rings. The van der Waals surface area contributed by atoms with Crippen molar-refractivity contribution in [1.82, 2.24) is 0 Å². The van der Waals surface area contributed by atoms with E-state index in [4.69, 9.17) is 4.74 Å². The molecule has 1 aliphatic heterocycles. The van der Waals surface area contributed by atoms with Crippen LogP contribution in [0.5, 0.6) is 0 Å². The lowest BCUT2D eigenvalue weighted by atomic mass is 10.1. The third-order valence-electron chi connectivity index (χ3n) is 4.11. The molecule has 0 spiro atoms. The molecule has 1 amide bonds. The smallest absolute Gasteiger partial charge is 0.311 e. The van der Waals surface area contributed by atoms with E-state index in [1.807, 2.05) is 0 Å². The van der Waals surface area contributed by atoms with Crippen molar-refractivity contribution in [2.75, 3.05) is 18.1 Å². The maximum atomic E-state index is 13.0. The Morgan fingerprint density at radius 2 is 1.77 bits per heavy atom. The second kappa shape index (κ2) is 7.78. The van der Waals surface area contributed by atoms with E-state index in [-0.39, 0.29) is 31.3 Å². The fourth-order valence-electron chi connectivity index (χ4n) is 2.71. The average Bonchev–Trinajstić information content (AvgIpc) is 3.02. The summed E-state index contributed by atoms with van der Waals surface area (Å²) in [6, 6.07) is 12.2. The highest BCUT2D eigenvalue weighted by molar-refractivity contribution is 9.10. The molecule has 3 rings (SSSR count). The highest BCUT2D eigenvalue weighted by Crippen LogP contribution is 2.26. The molecule has 0 bridgehead atoms. The Morgan fingerprint density at radius 1 is 1.12 bits per heavy atom. The summed E-state index contributed by atoms with van der Waals surface area (Å²) in [6.45, 7) is -0.225. The van der Waals surface area contributed by atoms with Gasteiger partial charge < -0.3 is 9.64 Å². The molecular formula is C19H15BrFNO4. The predicted molar refractivity (Wildman–Crippen MR) is 96.3 cm³/mol. The van der Waals surface area contributed by atoms with E-state index in [0.717, 1.165) is 4.47 Å². The Bertz CT molecular complexity index is 836. The van der Waals surface area contributed by atoms with Crippen molar-refractivity contribution in [3.05, 3.63) is 64.4 Å². The van der Waals surface area contributed by atoms with Gasteiger partial charge in [0.2, 0.25) is 5.91 Å². The molecule has 1 aliphatic rings. The zero-order valence-corrected chi connectivity index (χ0v) is 15.2. The first-order valence-corrected chi connectivity index (χ1v) is 8.74. The number of halogens is 2. The first kappa shape index (κ1) is 18.3. The minimum absolute atomic E-state index is 0.00266. The lowest BCUT2D eigenvalue weighted by Crippen LogP contribution is -2.27. The van der Waals surface area contributed by atoms with Crippen LogP contribution in [0.1, 0.15) is 16.8 Å². The topological polar surface area (TPSA) is 63.7 Å². The van der Waals surface area contributed by atoms with Crippen LogP contribution in [0.4, 0.5) is 10.1 Å². The number of rotatable bonds is 5. The van der Waals surface area contributed by atoms with Gasteiger partial charge in [-0.25, -0.2) is 4.39 Å². The summed E-state index contributed by atoms with van der Waals surface area (Å²) in [5.74, 6) is -2.19. The molecule has 5 nitrogen and oxygen atoms in total. The molecule has 0 aromatic heterocycles. The molecular weight excluding hydrogens is 405 g/mol. The van der Waals surface area contributed by atoms with E-state index in [1.165, 1.54) is 29.2 Å². The SMILES string of the molecule is O=C(COC(=O)[C@H]1CC(=O)N(c2ccc(F)cc2)C1)c1ccc(Br)cc1. The van der Waals surface area contributed by atoms with E-state index in [1.54, 1.807) is 24.3 Å². The number of Topliss-reactive ketones (excluding diaryl/α,β-unsaturated/α-hetero) is 1. The standard InChI is InChI=1S/C19H15BrFNO4/c20-14-3-1-12(2-4-14)17(23)11-26-19(25)13-9-18(24)22(10-13)16-7-5-15(21)6-8-16/h1-8,13H,9-11H2/t13-/m0/s1. The van der Waals surface area contributed by atoms with Crippen molar-refractivity contribution in [2.24, 2.45) is 5.92 Å². The van der Waals surface area contributed by atoms with Gasteiger partial charge in [0.25, 0.3) is 0 Å². The third kappa shape index (κ3) is 4.16. The molecule has 1 heterocycles. The number of anilines is 1. The maximum Gasteiger partial charge on any atom is 0.311 e. The van der Waals surface area contributed by atoms with Crippen LogP contribution in [-0.2, 0) is 14.3 Å². The first-order valence-electron chi connectivity index (χ1n) is 7.95. The molecule has 0 aliphatic carbocycles. The highest BCUT2D eigenvalue weighted by atomic mass is 79.9. The Hall–Kier alpha value is -2.54. The summed E-state index contributed by atoms with van der Waals surface area (Å²) in [4.78, 5) is 37.8. The molecule has 0 radical (unpaired) electrons. The van der Waals surface area contributed by atoms with Gasteiger partial charge in [0.1, 0.15) is 5.82 Å². The van der Waals surface area contributed by atoms with Crippen LogP contribution in [-0.4, -0.2) is 30.8 Å². The molecule has 1 atom stereocenters. The molecule has 0 unspecified atom stereocenters. The van der Waals surface area contributed by atoms with Gasteiger partial charge in [-0.15, -0.1) is 0 Å². The number of hydrogen-bond acceptors (Lipinski definition) is 4. The van der Waals surface area contributed by atoms with Gasteiger partial charge in [0.05, 0.1) is 5.92 Å². The summed E-state index contributed by atoms with van der Waals surface area (Å²) in [5.41, 5.74) is 0.967. The monoisotopic (exact) mass is 419 g/mol. The summed E-state index contributed by atoms with van der Waals surface area (Å²) in [7, 11) is 0. The van der Waals surface area contributed by atoms with Crippen molar-refractivity contribution in [3.63, 3.8) is 0 Å². The predicted octanol–water partition coefficient (Wildman–Crippen LogP) is 3.37. The molecule has 2 aromatic carbocycles. The van der Waals surface area contributed by atoms with E-state index < -0.39 is 17.7 Å². The van der Waals surface area contributed by atoms with Crippen molar-refractivity contribution in [3.8, 4) is 0 Å². The van der Waals surface area contributed by atoms with Gasteiger partial charge >= 0.3 is 5.97 Å². The van der Waals surface area contributed by atoms with Gasteiger partial charge in [-0.1, -0.05) is 28.1 Å². The molecule has 0 saturated carbocycles. The minimum Gasteiger partial charge on any atom is -0.457 e. The van der Waals surface area contributed by atoms with Gasteiger partial charge in [-0.05, 0) is 36.4 Å². The minimum atomic E-state index is -0.648. The zero-order chi connectivity index (χ0) is 18.7. The fourth-order valence-corrected chi connectivity index (χ4v) is 2.97. The Morgan fingerprint density at radius 3 is 2.42 bits per heavy atom. The maximum absolute atomic E-state index is 13.0. The van der Waals surface area contributed by atoms with E-state index >= 15 is 0 Å². The number of carbonyl (C=O) groups is 3. The van der Waals surface area contributed by atoms with Crippen LogP contribution < -0.4 is 4.90 Å². The van der Waals surface area contributed by atoms with E-state index in [0.29, 0.717) is 11.3 Å². The largest absolute Gasteiger partial charge is 0.457 e. The third-order valence-corrected chi connectivity index (χ3v) is 4.64. The van der Waals surface area contributed by atoms with Gasteiger partial charge in [-0.3, -0.25) is 14.4 Å². The first-order chi connectivity index (χ1) is 12.4. The van der Waals surface area contributed by atoms with Crippen LogP contribution in [0.25, 0.3) is 0 Å². The van der Waals surface area contributed by atoms with Crippen LogP contribution in [0, 0.1) is 11.7 Å². The number of carbonyl (C=O) groups excluding carboxylic acids is 3. The summed E-state index contributed by atoms with van der Waals surface area (Å²) in [6.07, 6.45) is 0.00266. The Kier molecular flexibility index (Phi) is 5.46. The molecule has 1 saturated heterocycles. The Balaban J connectivity index is 1.57. The van der Waals surface area contributed by atoms with Crippen LogP contribution in [0.2, 0.25) is 0 Å². The van der Waals surface area contributed by atoms with Crippen molar-refractivity contribution in [1.29, 1.82) is 0 Å². The number of benzene rings is 2. The lowest BCUT2D eigenvalue weighted by Gasteiger charge is -2.16. The van der Waals surface area contributed by atoms with Crippen LogP contribution >= 0.6 is 15.9 Å². The molecule has 2 aromatic rings. The summed E-state index contributed by atoms with van der Waals surface area (Å²) in [5, 5.41) is 0. The summed E-state index contributed by atoms with van der Waals surface area (Å²) < 4.78 is 18.9. The molecule has 26 heavy (non-hydrogen) atoms. The van der Waals surface area contributed by atoms with Crippen LogP contribution in [0.15, 0.2) is 53.0 Å². The normalized spacial score (nSPS) is 16.6. The van der Waals surface area contributed by atoms with Crippen molar-refractivity contribution in [2.45, 2.75) is 6.42 Å². The number of ketones is 1. The highest BCUT2D eigenvalue weighted by Gasteiger charge is 2.36. The van der Waals surface area contributed by atoms with E-state index in [2.05, 4.69) is 15.9 Å². The lowest BCUT2D eigenvalue weighted by molar-refractivity contribution is -0.147. The number of esters is 1. The second-order valence-corrected chi connectivity index (χ2v) is 6.84. The van der Waals surface area contributed by atoms with Gasteiger partial charge in [0.15, 0.2) is 12.4 Å². The molecule has 7 heteroatoms. The number of amides is 1.